The first-order chi connectivity index (χ1) is 14.9. The molecule has 0 bridgehead atoms. The number of carbonyl (C=O) groups excluding carboxylic acids is 2. The van der Waals surface area contributed by atoms with Gasteiger partial charge in [-0.15, -0.1) is 0 Å². The minimum atomic E-state index is -0.984. The maximum Gasteiger partial charge on any atom is 0.300 e. The molecule has 2 aromatic carbocycles. The van der Waals surface area contributed by atoms with Gasteiger partial charge in [0, 0.05) is 28.8 Å². The molecule has 1 unspecified atom stereocenters. The van der Waals surface area contributed by atoms with Crippen molar-refractivity contribution in [3.8, 4) is 11.5 Å². The van der Waals surface area contributed by atoms with Crippen molar-refractivity contribution in [3.05, 3.63) is 82.8 Å². The molecule has 7 nitrogen and oxygen atoms in total. The molecule has 1 amide bonds. The average molecular weight is 440 g/mol. The van der Waals surface area contributed by atoms with Gasteiger partial charge < -0.3 is 19.0 Å². The van der Waals surface area contributed by atoms with Crippen molar-refractivity contribution in [2.24, 2.45) is 0 Å². The molecule has 2 heterocycles. The Labute approximate surface area is 183 Å². The molecular formula is C23H18ClNO6. The van der Waals surface area contributed by atoms with Crippen LogP contribution in [-0.4, -0.2) is 31.0 Å². The molecule has 1 atom stereocenters. The fraction of sp³-hybridized carbons (Fsp3) is 0.130. The van der Waals surface area contributed by atoms with Crippen LogP contribution in [0.25, 0.3) is 5.76 Å². The van der Waals surface area contributed by atoms with E-state index >= 15 is 0 Å². The van der Waals surface area contributed by atoms with Gasteiger partial charge in [0.25, 0.3) is 11.7 Å². The number of Topliss-reactive ketones (excluding diaryl/α,β-unsaturated/α-hetero) is 1. The highest BCUT2D eigenvalue weighted by molar-refractivity contribution is 6.51. The second-order valence-corrected chi connectivity index (χ2v) is 7.20. The van der Waals surface area contributed by atoms with Gasteiger partial charge in [0.2, 0.25) is 0 Å². The number of rotatable bonds is 5. The highest BCUT2D eigenvalue weighted by Crippen LogP contribution is 2.44. The second-order valence-electron chi connectivity index (χ2n) is 6.76. The zero-order valence-corrected chi connectivity index (χ0v) is 17.4. The molecule has 0 saturated carbocycles. The molecule has 158 valence electrons. The van der Waals surface area contributed by atoms with Crippen molar-refractivity contribution in [1.29, 1.82) is 0 Å². The van der Waals surface area contributed by atoms with Crippen molar-refractivity contribution in [1.82, 2.24) is 0 Å². The first-order valence-electron chi connectivity index (χ1n) is 9.28. The van der Waals surface area contributed by atoms with Crippen molar-refractivity contribution < 1.29 is 28.6 Å². The molecular weight excluding hydrogens is 422 g/mol. The number of aliphatic hydroxyl groups is 1. The Morgan fingerprint density at radius 2 is 1.68 bits per heavy atom. The lowest BCUT2D eigenvalue weighted by Crippen LogP contribution is -2.29. The van der Waals surface area contributed by atoms with Crippen LogP contribution in [0.15, 0.2) is 70.9 Å². The standard InChI is InChI=1S/C23H18ClNO6/c1-29-16-10-15(11-17(12-16)30-2)25-20(18-4-3-9-31-18)19(22(27)23(25)28)21(26)13-5-7-14(24)8-6-13/h3-12,20,26H,1-2H3/b21-19-. The van der Waals surface area contributed by atoms with Gasteiger partial charge in [0.1, 0.15) is 29.1 Å². The van der Waals surface area contributed by atoms with Gasteiger partial charge in [-0.2, -0.15) is 0 Å². The van der Waals surface area contributed by atoms with E-state index in [1.165, 1.54) is 25.4 Å². The largest absolute Gasteiger partial charge is 0.507 e. The van der Waals surface area contributed by atoms with E-state index in [0.29, 0.717) is 33.5 Å². The first-order valence-corrected chi connectivity index (χ1v) is 9.65. The summed E-state index contributed by atoms with van der Waals surface area (Å²) >= 11 is 5.93. The predicted octanol–water partition coefficient (Wildman–Crippen LogP) is 4.58. The summed E-state index contributed by atoms with van der Waals surface area (Å²) < 4.78 is 16.1. The summed E-state index contributed by atoms with van der Waals surface area (Å²) in [6.45, 7) is 0. The van der Waals surface area contributed by atoms with Gasteiger partial charge in [0.15, 0.2) is 0 Å². The van der Waals surface area contributed by atoms with Crippen molar-refractivity contribution in [2.45, 2.75) is 6.04 Å². The summed E-state index contributed by atoms with van der Waals surface area (Å²) in [6, 6.07) is 13.5. The number of nitrogens with zero attached hydrogens (tertiary/aromatic N) is 1. The van der Waals surface area contributed by atoms with Crippen LogP contribution in [0.3, 0.4) is 0 Å². The summed E-state index contributed by atoms with van der Waals surface area (Å²) in [6.07, 6.45) is 1.43. The molecule has 1 aromatic heterocycles. The van der Waals surface area contributed by atoms with Crippen LogP contribution < -0.4 is 14.4 Å². The SMILES string of the molecule is COc1cc(OC)cc(N2C(=O)C(=O)/C(=C(\O)c3ccc(Cl)cc3)C2c2ccco2)c1. The van der Waals surface area contributed by atoms with Crippen LogP contribution in [0.2, 0.25) is 5.02 Å². The van der Waals surface area contributed by atoms with Crippen LogP contribution in [0.1, 0.15) is 17.4 Å². The Bertz CT molecular complexity index is 1150. The summed E-state index contributed by atoms with van der Waals surface area (Å²) in [7, 11) is 2.97. The van der Waals surface area contributed by atoms with Crippen LogP contribution in [0.5, 0.6) is 11.5 Å². The number of amides is 1. The molecule has 0 spiro atoms. The molecule has 0 aliphatic carbocycles. The highest BCUT2D eigenvalue weighted by Gasteiger charge is 2.48. The molecule has 1 saturated heterocycles. The normalized spacial score (nSPS) is 17.8. The van der Waals surface area contributed by atoms with E-state index in [4.69, 9.17) is 25.5 Å². The van der Waals surface area contributed by atoms with E-state index < -0.39 is 17.7 Å². The Kier molecular flexibility index (Phi) is 5.44. The van der Waals surface area contributed by atoms with Crippen LogP contribution in [0.4, 0.5) is 5.69 Å². The Balaban J connectivity index is 1.93. The third kappa shape index (κ3) is 3.64. The number of carbonyl (C=O) groups is 2. The zero-order valence-electron chi connectivity index (χ0n) is 16.7. The fourth-order valence-electron chi connectivity index (χ4n) is 3.51. The number of ketones is 1. The van der Waals surface area contributed by atoms with Crippen LogP contribution in [-0.2, 0) is 9.59 Å². The molecule has 31 heavy (non-hydrogen) atoms. The number of ether oxygens (including phenoxy) is 2. The topological polar surface area (TPSA) is 89.2 Å². The van der Waals surface area contributed by atoms with Gasteiger partial charge in [-0.05, 0) is 36.4 Å². The number of methoxy groups -OCH3 is 2. The Hall–Kier alpha value is -3.71. The number of aliphatic hydroxyl groups excluding tert-OH is 1. The average Bonchev–Trinajstić information content (AvgIpc) is 3.40. The van der Waals surface area contributed by atoms with Crippen molar-refractivity contribution in [2.75, 3.05) is 19.1 Å². The lowest BCUT2D eigenvalue weighted by Gasteiger charge is -2.24. The van der Waals surface area contributed by atoms with E-state index in [9.17, 15) is 14.7 Å². The first kappa shape index (κ1) is 20.6. The van der Waals surface area contributed by atoms with Crippen molar-refractivity contribution >= 4 is 34.7 Å². The number of benzene rings is 2. The maximum absolute atomic E-state index is 13.1. The van der Waals surface area contributed by atoms with E-state index in [0.717, 1.165) is 0 Å². The number of hydrogen-bond donors (Lipinski definition) is 1. The summed E-state index contributed by atoms with van der Waals surface area (Å²) in [5.74, 6) is -0.785. The summed E-state index contributed by atoms with van der Waals surface area (Å²) in [4.78, 5) is 27.4. The molecule has 4 rings (SSSR count). The molecule has 8 heteroatoms. The molecule has 3 aromatic rings. The van der Waals surface area contributed by atoms with E-state index in [2.05, 4.69) is 0 Å². The maximum atomic E-state index is 13.1. The Morgan fingerprint density at radius 1 is 1.03 bits per heavy atom. The summed E-state index contributed by atoms with van der Waals surface area (Å²) in [5.41, 5.74) is 0.612. The van der Waals surface area contributed by atoms with Crippen molar-refractivity contribution in [3.63, 3.8) is 0 Å². The monoisotopic (exact) mass is 439 g/mol. The number of halogens is 1. The highest BCUT2D eigenvalue weighted by atomic mass is 35.5. The van der Waals surface area contributed by atoms with Crippen LogP contribution in [0, 0.1) is 0 Å². The lowest BCUT2D eigenvalue weighted by atomic mass is 9.99. The van der Waals surface area contributed by atoms with E-state index in [1.54, 1.807) is 54.6 Å². The van der Waals surface area contributed by atoms with Gasteiger partial charge in [-0.25, -0.2) is 0 Å². The van der Waals surface area contributed by atoms with Gasteiger partial charge in [-0.3, -0.25) is 14.5 Å². The molecule has 1 aliphatic rings. The smallest absolute Gasteiger partial charge is 0.300 e. The van der Waals surface area contributed by atoms with Gasteiger partial charge in [-0.1, -0.05) is 11.6 Å². The summed E-state index contributed by atoms with van der Waals surface area (Å²) in [5, 5.41) is 11.5. The van der Waals surface area contributed by atoms with Gasteiger partial charge >= 0.3 is 0 Å². The zero-order chi connectivity index (χ0) is 22.1. The third-order valence-corrected chi connectivity index (χ3v) is 5.24. The minimum absolute atomic E-state index is 0.0935. The number of furan rings is 1. The number of anilines is 1. The molecule has 1 fully saturated rings. The second kappa shape index (κ2) is 8.20. The fourth-order valence-corrected chi connectivity index (χ4v) is 3.64. The molecule has 1 aliphatic heterocycles. The van der Waals surface area contributed by atoms with E-state index in [-0.39, 0.29) is 11.3 Å². The quantitative estimate of drug-likeness (QED) is 0.355. The third-order valence-electron chi connectivity index (χ3n) is 4.99. The predicted molar refractivity (Wildman–Crippen MR) is 114 cm³/mol. The molecule has 0 radical (unpaired) electrons. The Morgan fingerprint density at radius 3 is 2.23 bits per heavy atom. The van der Waals surface area contributed by atoms with Gasteiger partial charge in [0.05, 0.1) is 31.7 Å². The van der Waals surface area contributed by atoms with E-state index in [1.807, 2.05) is 0 Å². The lowest BCUT2D eigenvalue weighted by molar-refractivity contribution is -0.132. The molecule has 1 N–H and O–H groups in total. The minimum Gasteiger partial charge on any atom is -0.507 e. The van der Waals surface area contributed by atoms with Crippen LogP contribution >= 0.6 is 11.6 Å². The number of hydrogen-bond acceptors (Lipinski definition) is 6.